The summed E-state index contributed by atoms with van der Waals surface area (Å²) in [5, 5.41) is 2.89. The molecule has 1 saturated heterocycles. The van der Waals surface area contributed by atoms with E-state index in [1.165, 1.54) is 6.33 Å². The van der Waals surface area contributed by atoms with Gasteiger partial charge in [-0.3, -0.25) is 0 Å². The van der Waals surface area contributed by atoms with Gasteiger partial charge in [0.2, 0.25) is 5.88 Å². The molecular formula is C18H22N4O4. The first-order chi connectivity index (χ1) is 12.7. The maximum absolute atomic E-state index is 12.6. The van der Waals surface area contributed by atoms with E-state index >= 15 is 0 Å². The number of nitrogens with one attached hydrogen (secondary N) is 1. The first-order valence-corrected chi connectivity index (χ1v) is 8.40. The van der Waals surface area contributed by atoms with Crippen molar-refractivity contribution >= 4 is 11.7 Å². The fraction of sp³-hybridized carbons (Fsp3) is 0.389. The van der Waals surface area contributed by atoms with Gasteiger partial charge in [0.15, 0.2) is 0 Å². The van der Waals surface area contributed by atoms with Gasteiger partial charge in [-0.15, -0.1) is 0 Å². The van der Waals surface area contributed by atoms with E-state index in [0.29, 0.717) is 36.2 Å². The van der Waals surface area contributed by atoms with E-state index in [2.05, 4.69) is 15.3 Å². The molecule has 1 aromatic heterocycles. The van der Waals surface area contributed by atoms with Crippen LogP contribution in [-0.2, 0) is 0 Å². The highest BCUT2D eigenvalue weighted by Crippen LogP contribution is 2.29. The molecule has 1 unspecified atom stereocenters. The Kier molecular flexibility index (Phi) is 5.73. The van der Waals surface area contributed by atoms with E-state index in [1.54, 1.807) is 49.6 Å². The second-order valence-electron chi connectivity index (χ2n) is 5.87. The number of nitrogens with zero attached hydrogens (tertiary/aromatic N) is 3. The second-order valence-corrected chi connectivity index (χ2v) is 5.87. The quantitative estimate of drug-likeness (QED) is 0.884. The molecule has 1 aromatic carbocycles. The SMILES string of the molecule is COc1ccc(NC(=O)N2CCCC(Oc3ccncn3)C2)c(OC)c1. The minimum Gasteiger partial charge on any atom is -0.497 e. The van der Waals surface area contributed by atoms with Gasteiger partial charge in [0.25, 0.3) is 0 Å². The van der Waals surface area contributed by atoms with Crippen LogP contribution in [0.5, 0.6) is 17.4 Å². The highest BCUT2D eigenvalue weighted by Gasteiger charge is 2.25. The van der Waals surface area contributed by atoms with Gasteiger partial charge < -0.3 is 24.4 Å². The van der Waals surface area contributed by atoms with E-state index in [1.807, 2.05) is 0 Å². The average Bonchev–Trinajstić information content (AvgIpc) is 2.69. The Morgan fingerprint density at radius 2 is 2.15 bits per heavy atom. The van der Waals surface area contributed by atoms with Crippen molar-refractivity contribution in [3.8, 4) is 17.4 Å². The van der Waals surface area contributed by atoms with Gasteiger partial charge >= 0.3 is 6.03 Å². The first kappa shape index (κ1) is 17.8. The number of benzene rings is 1. The molecule has 0 bridgehead atoms. The van der Waals surface area contributed by atoms with E-state index in [-0.39, 0.29) is 12.1 Å². The molecule has 26 heavy (non-hydrogen) atoms. The average molecular weight is 358 g/mol. The number of carbonyl (C=O) groups excluding carboxylic acids is 1. The van der Waals surface area contributed by atoms with Gasteiger partial charge in [-0.2, -0.15) is 0 Å². The van der Waals surface area contributed by atoms with Crippen LogP contribution in [-0.4, -0.2) is 54.3 Å². The van der Waals surface area contributed by atoms with Crippen LogP contribution in [0.2, 0.25) is 0 Å². The highest BCUT2D eigenvalue weighted by atomic mass is 16.5. The first-order valence-electron chi connectivity index (χ1n) is 8.40. The number of carbonyl (C=O) groups is 1. The Bertz CT molecular complexity index is 741. The van der Waals surface area contributed by atoms with E-state index in [9.17, 15) is 4.79 Å². The molecule has 0 spiro atoms. The van der Waals surface area contributed by atoms with Gasteiger partial charge in [0.1, 0.15) is 23.9 Å². The molecule has 0 saturated carbocycles. The fourth-order valence-electron chi connectivity index (χ4n) is 2.83. The summed E-state index contributed by atoms with van der Waals surface area (Å²) >= 11 is 0. The maximum Gasteiger partial charge on any atom is 0.322 e. The minimum absolute atomic E-state index is 0.0952. The summed E-state index contributed by atoms with van der Waals surface area (Å²) in [7, 11) is 3.13. The molecule has 3 rings (SSSR count). The van der Waals surface area contributed by atoms with Crippen LogP contribution in [0.25, 0.3) is 0 Å². The van der Waals surface area contributed by atoms with Gasteiger partial charge in [-0.25, -0.2) is 14.8 Å². The molecule has 1 N–H and O–H groups in total. The second kappa shape index (κ2) is 8.37. The highest BCUT2D eigenvalue weighted by molar-refractivity contribution is 5.91. The van der Waals surface area contributed by atoms with Crippen molar-refractivity contribution in [1.29, 1.82) is 0 Å². The van der Waals surface area contributed by atoms with Crippen LogP contribution in [0.1, 0.15) is 12.8 Å². The lowest BCUT2D eigenvalue weighted by Gasteiger charge is -2.32. The summed E-state index contributed by atoms with van der Waals surface area (Å²) in [5.41, 5.74) is 0.595. The Morgan fingerprint density at radius 1 is 1.27 bits per heavy atom. The number of ether oxygens (including phenoxy) is 3. The smallest absolute Gasteiger partial charge is 0.322 e. The number of urea groups is 1. The summed E-state index contributed by atoms with van der Waals surface area (Å²) < 4.78 is 16.3. The van der Waals surface area contributed by atoms with Crippen molar-refractivity contribution in [3.05, 3.63) is 36.8 Å². The summed E-state index contributed by atoms with van der Waals surface area (Å²) in [6.45, 7) is 1.17. The number of aromatic nitrogens is 2. The van der Waals surface area contributed by atoms with Crippen LogP contribution in [0.15, 0.2) is 36.8 Å². The van der Waals surface area contributed by atoms with Crippen LogP contribution < -0.4 is 19.5 Å². The van der Waals surface area contributed by atoms with Crippen molar-refractivity contribution in [3.63, 3.8) is 0 Å². The Hall–Kier alpha value is -3.03. The number of hydrogen-bond donors (Lipinski definition) is 1. The van der Waals surface area contributed by atoms with Gasteiger partial charge in [-0.1, -0.05) is 0 Å². The summed E-state index contributed by atoms with van der Waals surface area (Å²) in [4.78, 5) is 22.3. The van der Waals surface area contributed by atoms with Gasteiger partial charge in [-0.05, 0) is 25.0 Å². The zero-order chi connectivity index (χ0) is 18.4. The fourth-order valence-corrected chi connectivity index (χ4v) is 2.83. The standard InChI is InChI=1S/C18H22N4O4/c1-24-13-5-6-15(16(10-13)25-2)21-18(23)22-9-3-4-14(11-22)26-17-7-8-19-12-20-17/h5-8,10,12,14H,3-4,9,11H2,1-2H3,(H,21,23). The van der Waals surface area contributed by atoms with Gasteiger partial charge in [0.05, 0.1) is 26.5 Å². The number of rotatable bonds is 5. The third kappa shape index (κ3) is 4.33. The summed E-state index contributed by atoms with van der Waals surface area (Å²) in [5.74, 6) is 1.73. The molecule has 2 aromatic rings. The van der Waals surface area contributed by atoms with Crippen LogP contribution in [0.4, 0.5) is 10.5 Å². The minimum atomic E-state index is -0.190. The predicted molar refractivity (Wildman–Crippen MR) is 95.8 cm³/mol. The van der Waals surface area contributed by atoms with Crippen molar-refractivity contribution in [1.82, 2.24) is 14.9 Å². The van der Waals surface area contributed by atoms with Crippen molar-refractivity contribution < 1.29 is 19.0 Å². The zero-order valence-corrected chi connectivity index (χ0v) is 14.8. The molecule has 0 radical (unpaired) electrons. The normalized spacial score (nSPS) is 16.7. The maximum atomic E-state index is 12.6. The number of likely N-dealkylation sites (tertiary alicyclic amines) is 1. The Labute approximate surface area is 152 Å². The van der Waals surface area contributed by atoms with E-state index < -0.39 is 0 Å². The Balaban J connectivity index is 1.62. The number of hydrogen-bond acceptors (Lipinski definition) is 6. The number of methoxy groups -OCH3 is 2. The third-order valence-corrected chi connectivity index (χ3v) is 4.16. The van der Waals surface area contributed by atoms with Crippen molar-refractivity contribution in [2.75, 3.05) is 32.6 Å². The molecular weight excluding hydrogens is 336 g/mol. The van der Waals surface area contributed by atoms with Gasteiger partial charge in [0, 0.05) is 24.9 Å². The Morgan fingerprint density at radius 3 is 2.88 bits per heavy atom. The lowest BCUT2D eigenvalue weighted by atomic mass is 10.1. The van der Waals surface area contributed by atoms with E-state index in [0.717, 1.165) is 12.8 Å². The molecule has 1 atom stereocenters. The third-order valence-electron chi connectivity index (χ3n) is 4.16. The zero-order valence-electron chi connectivity index (χ0n) is 14.8. The summed E-state index contributed by atoms with van der Waals surface area (Å²) in [6.07, 6.45) is 4.72. The molecule has 1 fully saturated rings. The van der Waals surface area contributed by atoms with Crippen molar-refractivity contribution in [2.45, 2.75) is 18.9 Å². The molecule has 1 aliphatic rings. The lowest BCUT2D eigenvalue weighted by Crippen LogP contribution is -2.46. The molecule has 2 amide bonds. The monoisotopic (exact) mass is 358 g/mol. The topological polar surface area (TPSA) is 85.8 Å². The van der Waals surface area contributed by atoms with Crippen LogP contribution >= 0.6 is 0 Å². The molecule has 138 valence electrons. The number of anilines is 1. The molecule has 8 nitrogen and oxygen atoms in total. The lowest BCUT2D eigenvalue weighted by molar-refractivity contribution is 0.102. The predicted octanol–water partition coefficient (Wildman–Crippen LogP) is 2.57. The van der Waals surface area contributed by atoms with Crippen LogP contribution in [0, 0.1) is 0 Å². The largest absolute Gasteiger partial charge is 0.497 e. The van der Waals surface area contributed by atoms with Crippen LogP contribution in [0.3, 0.4) is 0 Å². The molecule has 1 aliphatic heterocycles. The summed E-state index contributed by atoms with van der Waals surface area (Å²) in [6, 6.07) is 6.78. The number of amides is 2. The van der Waals surface area contributed by atoms with Crippen molar-refractivity contribution in [2.24, 2.45) is 0 Å². The molecule has 2 heterocycles. The molecule has 8 heteroatoms. The molecule has 0 aliphatic carbocycles. The van der Waals surface area contributed by atoms with E-state index in [4.69, 9.17) is 14.2 Å². The number of piperidine rings is 1.